The van der Waals surface area contributed by atoms with E-state index in [2.05, 4.69) is 26.1 Å². The van der Waals surface area contributed by atoms with Crippen LogP contribution in [0.5, 0.6) is 5.88 Å². The highest BCUT2D eigenvalue weighted by Crippen LogP contribution is 2.30. The molecule has 2 aliphatic rings. The molecule has 0 unspecified atom stereocenters. The predicted molar refractivity (Wildman–Crippen MR) is 232 cm³/mol. The molecule has 326 valence electrons. The van der Waals surface area contributed by atoms with Gasteiger partial charge in [0.05, 0.1) is 30.3 Å². The largest absolute Gasteiger partial charge is 0.466 e. The van der Waals surface area contributed by atoms with Gasteiger partial charge in [0, 0.05) is 34.8 Å². The third-order valence-electron chi connectivity index (χ3n) is 9.89. The average Bonchev–Trinajstić information content (AvgIpc) is 4.18. The topological polar surface area (TPSA) is 237 Å². The highest BCUT2D eigenvalue weighted by molar-refractivity contribution is 6.30. The monoisotopic (exact) mass is 867 g/mol. The molecule has 5 aromatic rings. The van der Waals surface area contributed by atoms with Crippen molar-refractivity contribution in [2.24, 2.45) is 0 Å². The summed E-state index contributed by atoms with van der Waals surface area (Å²) in [7, 11) is 0. The van der Waals surface area contributed by atoms with Gasteiger partial charge in [0.1, 0.15) is 17.2 Å². The fourth-order valence-corrected chi connectivity index (χ4v) is 6.47. The summed E-state index contributed by atoms with van der Waals surface area (Å²) in [5, 5.41) is 17.9. The molecule has 0 radical (unpaired) electrons. The standard InChI is InChI=1S/C26H28ClN5O5.C18H22N4O3/c1-3-36-26(35)22-23(28)32(20-12-17(8-7-15(20)2)24(34)30-19-9-10-19)31-25(22)37-14-21(33)29-13-16-5-4-6-18(27)11-16;1-4-25-18(24)15-11(3)21-22(16(15)19)14-9-12(6-5-10(14)2)17(23)20-13-7-8-13/h4-8,11-12,19H,3,9-10,13-14,28H2,1-2H3,(H,29,33)(H,30,34);5-6,9,13H,4,7-8,19H2,1-3H3,(H,20,23). The van der Waals surface area contributed by atoms with E-state index < -0.39 is 24.5 Å². The number of nitrogen functional groups attached to an aromatic ring is 2. The van der Waals surface area contributed by atoms with Gasteiger partial charge < -0.3 is 41.6 Å². The lowest BCUT2D eigenvalue weighted by molar-refractivity contribution is -0.123. The first-order valence-corrected chi connectivity index (χ1v) is 20.6. The third kappa shape index (κ3) is 10.9. The zero-order chi connectivity index (χ0) is 44.7. The number of aromatic nitrogens is 4. The molecule has 17 nitrogen and oxygen atoms in total. The van der Waals surface area contributed by atoms with Crippen molar-refractivity contribution in [1.29, 1.82) is 0 Å². The Kier molecular flexibility index (Phi) is 14.2. The highest BCUT2D eigenvalue weighted by Gasteiger charge is 2.29. The van der Waals surface area contributed by atoms with E-state index in [-0.39, 0.29) is 72.3 Å². The van der Waals surface area contributed by atoms with Crippen LogP contribution in [0.2, 0.25) is 5.02 Å². The average molecular weight is 868 g/mol. The molecule has 2 saturated carbocycles. The molecule has 0 saturated heterocycles. The summed E-state index contributed by atoms with van der Waals surface area (Å²) in [6, 6.07) is 18.1. The molecule has 0 aliphatic heterocycles. The Morgan fingerprint density at radius 3 is 1.76 bits per heavy atom. The number of nitrogens with one attached hydrogen (secondary N) is 3. The molecular formula is C44H50ClN9O8. The number of rotatable bonds is 15. The van der Waals surface area contributed by atoms with Crippen LogP contribution in [-0.2, 0) is 20.8 Å². The third-order valence-corrected chi connectivity index (χ3v) is 10.1. The summed E-state index contributed by atoms with van der Waals surface area (Å²) in [6.45, 7) is 9.04. The lowest BCUT2D eigenvalue weighted by Crippen LogP contribution is -2.28. The number of nitrogens with zero attached hydrogens (tertiary/aromatic N) is 4. The molecule has 7 rings (SSSR count). The summed E-state index contributed by atoms with van der Waals surface area (Å²) >= 11 is 5.98. The molecule has 62 heavy (non-hydrogen) atoms. The SMILES string of the molecule is CCOC(=O)c1c(C)nn(-c2cc(C(=O)NC3CC3)ccc2C)c1N.CCOC(=O)c1c(OCC(=O)NCc2cccc(Cl)c2)nn(-c2cc(C(=O)NC3CC3)ccc2C)c1N. The van der Waals surface area contributed by atoms with E-state index in [4.69, 9.17) is 37.3 Å². The summed E-state index contributed by atoms with van der Waals surface area (Å²) in [4.78, 5) is 62.1. The Morgan fingerprint density at radius 1 is 0.726 bits per heavy atom. The van der Waals surface area contributed by atoms with Gasteiger partial charge >= 0.3 is 11.9 Å². The van der Waals surface area contributed by atoms with Gasteiger partial charge in [0.2, 0.25) is 0 Å². The molecule has 2 aromatic heterocycles. The molecule has 7 N–H and O–H groups in total. The van der Waals surface area contributed by atoms with Crippen LogP contribution in [0.4, 0.5) is 11.6 Å². The van der Waals surface area contributed by atoms with Crippen LogP contribution in [-0.4, -0.2) is 81.1 Å². The van der Waals surface area contributed by atoms with E-state index in [0.29, 0.717) is 33.2 Å². The minimum absolute atomic E-state index is 0.0318. The lowest BCUT2D eigenvalue weighted by atomic mass is 10.1. The summed E-state index contributed by atoms with van der Waals surface area (Å²) in [5.41, 5.74) is 17.7. The van der Waals surface area contributed by atoms with Crippen LogP contribution in [0.1, 0.15) is 103 Å². The number of hydrogen-bond acceptors (Lipinski definition) is 12. The smallest absolute Gasteiger partial charge is 0.347 e. The zero-order valence-electron chi connectivity index (χ0n) is 35.2. The van der Waals surface area contributed by atoms with Gasteiger partial charge in [-0.05, 0) is 113 Å². The number of benzene rings is 3. The fraction of sp³-hybridized carbons (Fsp3) is 0.341. The number of halogens is 1. The first kappa shape index (κ1) is 44.7. The van der Waals surface area contributed by atoms with Crippen LogP contribution >= 0.6 is 11.6 Å². The van der Waals surface area contributed by atoms with Crippen LogP contribution in [0.15, 0.2) is 60.7 Å². The maximum absolute atomic E-state index is 12.7. The van der Waals surface area contributed by atoms with Crippen molar-refractivity contribution in [3.05, 3.63) is 110 Å². The van der Waals surface area contributed by atoms with Crippen LogP contribution in [0.3, 0.4) is 0 Å². The Morgan fingerprint density at radius 2 is 1.24 bits per heavy atom. The number of nitrogens with two attached hydrogens (primary N) is 2. The van der Waals surface area contributed by atoms with Gasteiger partial charge in [-0.15, -0.1) is 5.10 Å². The summed E-state index contributed by atoms with van der Waals surface area (Å²) in [6.07, 6.45) is 3.98. The molecule has 0 spiro atoms. The minimum atomic E-state index is -0.735. The van der Waals surface area contributed by atoms with Gasteiger partial charge in [-0.1, -0.05) is 35.9 Å². The number of amides is 3. The van der Waals surface area contributed by atoms with E-state index in [1.54, 1.807) is 69.3 Å². The number of hydrogen-bond donors (Lipinski definition) is 5. The van der Waals surface area contributed by atoms with E-state index in [0.717, 1.165) is 42.4 Å². The van der Waals surface area contributed by atoms with Crippen molar-refractivity contribution < 1.29 is 38.2 Å². The Bertz CT molecular complexity index is 2510. The molecule has 3 amide bonds. The summed E-state index contributed by atoms with van der Waals surface area (Å²) in [5.74, 6) is -1.96. The molecule has 2 fully saturated rings. The number of carbonyl (C=O) groups excluding carboxylic acids is 5. The number of ether oxygens (including phenoxy) is 3. The first-order valence-electron chi connectivity index (χ1n) is 20.2. The second-order valence-corrected chi connectivity index (χ2v) is 15.3. The Balaban J connectivity index is 0.000000223. The number of esters is 2. The normalized spacial score (nSPS) is 13.0. The fourth-order valence-electron chi connectivity index (χ4n) is 6.26. The van der Waals surface area contributed by atoms with E-state index in [1.807, 2.05) is 26.0 Å². The number of anilines is 2. The Labute approximate surface area is 363 Å². The van der Waals surface area contributed by atoms with Crippen molar-refractivity contribution in [3.63, 3.8) is 0 Å². The minimum Gasteiger partial charge on any atom is -0.466 e. The van der Waals surface area contributed by atoms with Crippen molar-refractivity contribution in [3.8, 4) is 17.3 Å². The second-order valence-electron chi connectivity index (χ2n) is 14.9. The van der Waals surface area contributed by atoms with Gasteiger partial charge in [0.25, 0.3) is 23.6 Å². The maximum Gasteiger partial charge on any atom is 0.347 e. The molecule has 18 heteroatoms. The summed E-state index contributed by atoms with van der Waals surface area (Å²) < 4.78 is 18.6. The highest BCUT2D eigenvalue weighted by atomic mass is 35.5. The van der Waals surface area contributed by atoms with Gasteiger partial charge in [-0.3, -0.25) is 14.4 Å². The van der Waals surface area contributed by atoms with E-state index in [1.165, 1.54) is 9.36 Å². The maximum atomic E-state index is 12.7. The van der Waals surface area contributed by atoms with E-state index >= 15 is 0 Å². The van der Waals surface area contributed by atoms with Crippen LogP contribution in [0.25, 0.3) is 11.4 Å². The second kappa shape index (κ2) is 19.7. The molecule has 0 atom stereocenters. The molecule has 0 bridgehead atoms. The van der Waals surface area contributed by atoms with Crippen molar-refractivity contribution in [1.82, 2.24) is 35.5 Å². The van der Waals surface area contributed by atoms with Crippen molar-refractivity contribution >= 4 is 52.9 Å². The molecule has 2 aliphatic carbocycles. The predicted octanol–water partition coefficient (Wildman–Crippen LogP) is 5.32. The molecule has 2 heterocycles. The first-order chi connectivity index (χ1) is 29.7. The van der Waals surface area contributed by atoms with Crippen LogP contribution < -0.4 is 32.2 Å². The van der Waals surface area contributed by atoms with Crippen LogP contribution in [0, 0.1) is 20.8 Å². The van der Waals surface area contributed by atoms with Crippen molar-refractivity contribution in [2.45, 2.75) is 78.9 Å². The number of carbonyl (C=O) groups is 5. The van der Waals surface area contributed by atoms with Gasteiger partial charge in [-0.25, -0.2) is 19.0 Å². The molecule has 3 aromatic carbocycles. The quantitative estimate of drug-likeness (QED) is 0.0841. The molecular weight excluding hydrogens is 818 g/mol. The van der Waals surface area contributed by atoms with Gasteiger partial charge in [0.15, 0.2) is 12.2 Å². The van der Waals surface area contributed by atoms with E-state index in [9.17, 15) is 24.0 Å². The Hall–Kier alpha value is -6.88. The van der Waals surface area contributed by atoms with Crippen molar-refractivity contribution in [2.75, 3.05) is 31.3 Å². The lowest BCUT2D eigenvalue weighted by Gasteiger charge is -2.11. The number of aryl methyl sites for hydroxylation is 3. The zero-order valence-corrected chi connectivity index (χ0v) is 35.9. The van der Waals surface area contributed by atoms with Gasteiger partial charge in [-0.2, -0.15) is 5.10 Å².